The van der Waals surface area contributed by atoms with Gasteiger partial charge in [0.1, 0.15) is 5.69 Å². The van der Waals surface area contributed by atoms with Crippen LogP contribution in [0.5, 0.6) is 0 Å². The lowest BCUT2D eigenvalue weighted by atomic mass is 10.2. The quantitative estimate of drug-likeness (QED) is 0.666. The largest absolute Gasteiger partial charge is 0.282 e. The third kappa shape index (κ3) is 3.96. The van der Waals surface area contributed by atoms with Crippen LogP contribution in [0.2, 0.25) is 0 Å². The molecule has 3 heteroatoms. The van der Waals surface area contributed by atoms with Gasteiger partial charge in [-0.2, -0.15) is 5.10 Å². The predicted molar refractivity (Wildman–Crippen MR) is 77.6 cm³/mol. The maximum absolute atomic E-state index is 4.39. The van der Waals surface area contributed by atoms with Crippen LogP contribution in [0.15, 0.2) is 24.4 Å². The number of pyridine rings is 1. The summed E-state index contributed by atoms with van der Waals surface area (Å²) in [6.07, 6.45) is 6.45. The van der Waals surface area contributed by atoms with E-state index in [1.807, 2.05) is 31.3 Å². The van der Waals surface area contributed by atoms with Crippen LogP contribution in [-0.4, -0.2) is 15.2 Å². The Labute approximate surface area is 114 Å². The molecule has 0 aliphatic heterocycles. The molecule has 2 aromatic rings. The van der Waals surface area contributed by atoms with Crippen LogP contribution in [0.25, 0.3) is 11.4 Å². The minimum Gasteiger partial charge on any atom is -0.282 e. The lowest BCUT2D eigenvalue weighted by Gasteiger charge is -1.95. The first-order valence-corrected chi connectivity index (χ1v) is 6.77. The van der Waals surface area contributed by atoms with E-state index in [4.69, 9.17) is 0 Å². The zero-order valence-electron chi connectivity index (χ0n) is 11.5. The van der Waals surface area contributed by atoms with Crippen LogP contribution in [0, 0.1) is 18.8 Å². The second-order valence-electron chi connectivity index (χ2n) is 4.63. The van der Waals surface area contributed by atoms with Gasteiger partial charge in [0.25, 0.3) is 0 Å². The van der Waals surface area contributed by atoms with E-state index >= 15 is 0 Å². The average Bonchev–Trinajstić information content (AvgIpc) is 2.86. The highest BCUT2D eigenvalue weighted by Crippen LogP contribution is 2.14. The van der Waals surface area contributed by atoms with Crippen molar-refractivity contribution in [2.24, 2.45) is 0 Å². The minimum atomic E-state index is 0.875. The lowest BCUT2D eigenvalue weighted by Crippen LogP contribution is -1.85. The van der Waals surface area contributed by atoms with Gasteiger partial charge < -0.3 is 0 Å². The molecule has 19 heavy (non-hydrogen) atoms. The molecule has 0 unspecified atom stereocenters. The second kappa shape index (κ2) is 6.75. The van der Waals surface area contributed by atoms with E-state index in [9.17, 15) is 0 Å². The van der Waals surface area contributed by atoms with Gasteiger partial charge in [-0.15, -0.1) is 0 Å². The molecule has 2 rings (SSSR count). The van der Waals surface area contributed by atoms with Gasteiger partial charge in [0.15, 0.2) is 0 Å². The summed E-state index contributed by atoms with van der Waals surface area (Å²) in [5, 5.41) is 7.11. The summed E-state index contributed by atoms with van der Waals surface area (Å²) in [4.78, 5) is 4.39. The van der Waals surface area contributed by atoms with Crippen LogP contribution in [0.1, 0.15) is 43.9 Å². The van der Waals surface area contributed by atoms with Crippen molar-refractivity contribution in [3.05, 3.63) is 35.7 Å². The van der Waals surface area contributed by atoms with Crippen molar-refractivity contribution >= 4 is 0 Å². The van der Waals surface area contributed by atoms with Gasteiger partial charge in [-0.25, -0.2) is 0 Å². The van der Waals surface area contributed by atoms with Crippen LogP contribution < -0.4 is 0 Å². The summed E-state index contributed by atoms with van der Waals surface area (Å²) < 4.78 is 0. The van der Waals surface area contributed by atoms with E-state index in [-0.39, 0.29) is 0 Å². The highest BCUT2D eigenvalue weighted by Gasteiger charge is 2.02. The van der Waals surface area contributed by atoms with Crippen LogP contribution in [0.4, 0.5) is 0 Å². The molecule has 0 spiro atoms. The van der Waals surface area contributed by atoms with E-state index < -0.39 is 0 Å². The van der Waals surface area contributed by atoms with Crippen molar-refractivity contribution in [1.29, 1.82) is 0 Å². The van der Waals surface area contributed by atoms with Gasteiger partial charge >= 0.3 is 0 Å². The van der Waals surface area contributed by atoms with E-state index in [0.29, 0.717) is 0 Å². The molecule has 0 aliphatic rings. The maximum Gasteiger partial charge on any atom is 0.111 e. The fourth-order valence-electron chi connectivity index (χ4n) is 1.80. The van der Waals surface area contributed by atoms with Crippen LogP contribution in [-0.2, 0) is 0 Å². The number of aromatic nitrogens is 3. The van der Waals surface area contributed by atoms with Crippen molar-refractivity contribution in [2.45, 2.75) is 39.5 Å². The molecular formula is C16H19N3. The molecule has 1 N–H and O–H groups in total. The molecule has 0 amide bonds. The van der Waals surface area contributed by atoms with Crippen molar-refractivity contribution in [3.63, 3.8) is 0 Å². The Morgan fingerprint density at radius 1 is 1.21 bits per heavy atom. The molecule has 0 aromatic carbocycles. The van der Waals surface area contributed by atoms with Gasteiger partial charge in [0.2, 0.25) is 0 Å². The van der Waals surface area contributed by atoms with Crippen LogP contribution >= 0.6 is 0 Å². The number of nitrogens with one attached hydrogen (secondary N) is 1. The molecule has 0 aliphatic carbocycles. The Bertz CT molecular complexity index is 570. The van der Waals surface area contributed by atoms with E-state index in [1.165, 1.54) is 19.3 Å². The third-order valence-electron chi connectivity index (χ3n) is 2.87. The molecule has 2 aromatic heterocycles. The van der Waals surface area contributed by atoms with Gasteiger partial charge in [0, 0.05) is 23.9 Å². The minimum absolute atomic E-state index is 0.875. The van der Waals surface area contributed by atoms with Crippen molar-refractivity contribution in [2.75, 3.05) is 0 Å². The lowest BCUT2D eigenvalue weighted by molar-refractivity contribution is 0.737. The molecule has 0 saturated carbocycles. The van der Waals surface area contributed by atoms with E-state index in [2.05, 4.69) is 33.9 Å². The Hall–Kier alpha value is -2.08. The third-order valence-corrected chi connectivity index (χ3v) is 2.87. The number of hydrogen-bond donors (Lipinski definition) is 1. The Balaban J connectivity index is 1.98. The summed E-state index contributed by atoms with van der Waals surface area (Å²) >= 11 is 0. The summed E-state index contributed by atoms with van der Waals surface area (Å²) in [7, 11) is 0. The second-order valence-corrected chi connectivity index (χ2v) is 4.63. The fourth-order valence-corrected chi connectivity index (χ4v) is 1.80. The number of H-pyrrole nitrogens is 1. The van der Waals surface area contributed by atoms with Crippen molar-refractivity contribution in [1.82, 2.24) is 15.2 Å². The topological polar surface area (TPSA) is 41.6 Å². The molecule has 98 valence electrons. The molecular weight excluding hydrogens is 234 g/mol. The number of aromatic amines is 1. The molecule has 0 bridgehead atoms. The number of rotatable bonds is 4. The number of hydrogen-bond acceptors (Lipinski definition) is 2. The van der Waals surface area contributed by atoms with Crippen molar-refractivity contribution < 1.29 is 0 Å². The highest BCUT2D eigenvalue weighted by atomic mass is 15.1. The average molecular weight is 253 g/mol. The van der Waals surface area contributed by atoms with Gasteiger partial charge in [-0.05, 0) is 31.5 Å². The van der Waals surface area contributed by atoms with Gasteiger partial charge in [-0.1, -0.05) is 31.6 Å². The Morgan fingerprint density at radius 2 is 2.11 bits per heavy atom. The molecule has 3 nitrogen and oxygen atoms in total. The van der Waals surface area contributed by atoms with Gasteiger partial charge in [0.05, 0.1) is 5.69 Å². The molecule has 0 fully saturated rings. The number of unbranched alkanes of at least 4 members (excludes halogenated alkanes) is 3. The molecule has 0 atom stereocenters. The first kappa shape index (κ1) is 13.4. The summed E-state index contributed by atoms with van der Waals surface area (Å²) in [5.74, 6) is 6.33. The zero-order chi connectivity index (χ0) is 13.5. The summed E-state index contributed by atoms with van der Waals surface area (Å²) in [5.41, 5.74) is 3.75. The zero-order valence-corrected chi connectivity index (χ0v) is 11.5. The molecule has 0 radical (unpaired) electrons. The maximum atomic E-state index is 4.39. The van der Waals surface area contributed by atoms with Gasteiger partial charge in [-0.3, -0.25) is 10.1 Å². The molecule has 0 saturated heterocycles. The Kier molecular flexibility index (Phi) is 4.74. The standard InChI is InChI=1S/C16H19N3/c1-3-4-5-6-7-8-14-9-10-15(17-12-14)16-11-13(2)18-19-16/h9-12H,3-6H2,1-2H3,(H,18,19). The van der Waals surface area contributed by atoms with Crippen LogP contribution in [0.3, 0.4) is 0 Å². The fraction of sp³-hybridized carbons (Fsp3) is 0.375. The number of aryl methyl sites for hydroxylation is 1. The SMILES string of the molecule is CCCCCC#Cc1ccc(-c2cc(C)[nH]n2)nc1. The highest BCUT2D eigenvalue weighted by molar-refractivity contribution is 5.55. The predicted octanol–water partition coefficient (Wildman–Crippen LogP) is 3.71. The summed E-state index contributed by atoms with van der Waals surface area (Å²) in [6.45, 7) is 4.18. The van der Waals surface area contributed by atoms with Crippen molar-refractivity contribution in [3.8, 4) is 23.2 Å². The first-order valence-electron chi connectivity index (χ1n) is 6.77. The first-order chi connectivity index (χ1) is 9.29. The van der Waals surface area contributed by atoms with E-state index in [0.717, 1.165) is 29.1 Å². The monoisotopic (exact) mass is 253 g/mol. The summed E-state index contributed by atoms with van der Waals surface area (Å²) in [6, 6.07) is 5.95. The van der Waals surface area contributed by atoms with E-state index in [1.54, 1.807) is 0 Å². The smallest absolute Gasteiger partial charge is 0.111 e. The number of nitrogens with zero attached hydrogens (tertiary/aromatic N) is 2. The Morgan fingerprint density at radius 3 is 2.74 bits per heavy atom. The molecule has 2 heterocycles. The normalized spacial score (nSPS) is 10.0.